The topological polar surface area (TPSA) is 77.3 Å². The van der Waals surface area contributed by atoms with Crippen molar-refractivity contribution in [3.63, 3.8) is 0 Å². The highest BCUT2D eigenvalue weighted by Gasteiger charge is 2.25. The fraction of sp³-hybridized carbons (Fsp3) is 0.522. The molecule has 0 saturated carbocycles. The van der Waals surface area contributed by atoms with Gasteiger partial charge in [-0.1, -0.05) is 0 Å². The van der Waals surface area contributed by atoms with Crippen LogP contribution in [0.2, 0.25) is 0 Å². The number of ether oxygens (including phenoxy) is 2. The first-order valence-corrected chi connectivity index (χ1v) is 11.2. The summed E-state index contributed by atoms with van der Waals surface area (Å²) >= 11 is 0. The molecule has 2 unspecified atom stereocenters. The second-order valence-corrected chi connectivity index (χ2v) is 8.32. The Morgan fingerprint density at radius 1 is 1.10 bits per heavy atom. The van der Waals surface area contributed by atoms with Gasteiger partial charge in [-0.25, -0.2) is 9.97 Å². The van der Waals surface area contributed by atoms with Gasteiger partial charge in [0.15, 0.2) is 5.65 Å². The van der Waals surface area contributed by atoms with Crippen LogP contribution in [0.1, 0.15) is 38.3 Å². The third kappa shape index (κ3) is 3.97. The van der Waals surface area contributed by atoms with E-state index >= 15 is 0 Å². The molecule has 2 aliphatic rings. The van der Waals surface area contributed by atoms with Gasteiger partial charge in [0.25, 0.3) is 0 Å². The van der Waals surface area contributed by atoms with Crippen LogP contribution in [0.25, 0.3) is 22.4 Å². The lowest BCUT2D eigenvalue weighted by Crippen LogP contribution is -2.45. The number of methoxy groups -OCH3 is 1. The minimum Gasteiger partial charge on any atom is -0.497 e. The molecule has 2 saturated heterocycles. The average molecular weight is 423 g/mol. The molecule has 3 aromatic rings. The minimum atomic E-state index is -0.0170. The summed E-state index contributed by atoms with van der Waals surface area (Å²) in [7, 11) is 3.70. The lowest BCUT2D eigenvalue weighted by Gasteiger charge is -2.33. The van der Waals surface area contributed by atoms with Crippen LogP contribution in [0.5, 0.6) is 5.75 Å². The molecule has 8 heteroatoms. The summed E-state index contributed by atoms with van der Waals surface area (Å²) in [5.74, 6) is 1.58. The van der Waals surface area contributed by atoms with E-state index in [1.165, 1.54) is 6.42 Å². The standard InChI is InChI=1S/C23H30N6O2/c1-24-17-6-5-12-28(14-17)23-26-20(16-8-10-18(30-2)11-9-16)21-22(27-23)29(15-25-21)19-7-3-4-13-31-19/h8-11,15,17,19,24H,3-7,12-14H2,1-2H3. The van der Waals surface area contributed by atoms with Gasteiger partial charge in [-0.3, -0.25) is 4.57 Å². The van der Waals surface area contributed by atoms with E-state index in [2.05, 4.69) is 14.8 Å². The maximum Gasteiger partial charge on any atom is 0.228 e. The van der Waals surface area contributed by atoms with Crippen LogP contribution in [0, 0.1) is 0 Å². The van der Waals surface area contributed by atoms with Crippen molar-refractivity contribution < 1.29 is 9.47 Å². The molecule has 164 valence electrons. The quantitative estimate of drug-likeness (QED) is 0.675. The molecule has 0 amide bonds. The molecule has 0 radical (unpaired) electrons. The number of anilines is 1. The Morgan fingerprint density at radius 2 is 1.97 bits per heavy atom. The molecule has 1 N–H and O–H groups in total. The number of hydrogen-bond donors (Lipinski definition) is 1. The zero-order valence-corrected chi connectivity index (χ0v) is 18.3. The molecule has 2 atom stereocenters. The molecule has 4 heterocycles. The molecule has 2 aromatic heterocycles. The fourth-order valence-electron chi connectivity index (χ4n) is 4.54. The van der Waals surface area contributed by atoms with Crippen LogP contribution in [-0.2, 0) is 4.74 Å². The number of piperidine rings is 1. The smallest absolute Gasteiger partial charge is 0.228 e. The van der Waals surface area contributed by atoms with Crippen molar-refractivity contribution in [2.24, 2.45) is 0 Å². The third-order valence-electron chi connectivity index (χ3n) is 6.35. The highest BCUT2D eigenvalue weighted by Crippen LogP contribution is 2.32. The summed E-state index contributed by atoms with van der Waals surface area (Å²) < 4.78 is 13.5. The molecular formula is C23H30N6O2. The normalized spacial score (nSPS) is 22.1. The molecule has 1 aromatic carbocycles. The van der Waals surface area contributed by atoms with Gasteiger partial charge in [0.1, 0.15) is 23.2 Å². The van der Waals surface area contributed by atoms with Gasteiger partial charge >= 0.3 is 0 Å². The number of imidazole rings is 1. The lowest BCUT2D eigenvalue weighted by atomic mass is 10.1. The number of fused-ring (bicyclic) bond motifs is 1. The van der Waals surface area contributed by atoms with Crippen molar-refractivity contribution in [1.82, 2.24) is 24.8 Å². The second kappa shape index (κ2) is 8.80. The van der Waals surface area contributed by atoms with E-state index in [1.807, 2.05) is 37.6 Å². The first-order valence-electron chi connectivity index (χ1n) is 11.2. The number of hydrogen-bond acceptors (Lipinski definition) is 7. The zero-order valence-electron chi connectivity index (χ0n) is 18.3. The second-order valence-electron chi connectivity index (χ2n) is 8.32. The highest BCUT2D eigenvalue weighted by atomic mass is 16.5. The van der Waals surface area contributed by atoms with Gasteiger partial charge < -0.3 is 19.7 Å². The molecule has 2 aliphatic heterocycles. The van der Waals surface area contributed by atoms with Gasteiger partial charge in [-0.15, -0.1) is 0 Å². The van der Waals surface area contributed by atoms with E-state index in [1.54, 1.807) is 7.11 Å². The molecule has 0 bridgehead atoms. The number of nitrogens with zero attached hydrogens (tertiary/aromatic N) is 5. The molecular weight excluding hydrogens is 392 g/mol. The van der Waals surface area contributed by atoms with E-state index in [4.69, 9.17) is 24.4 Å². The van der Waals surface area contributed by atoms with Crippen molar-refractivity contribution in [3.8, 4) is 17.0 Å². The number of aromatic nitrogens is 4. The van der Waals surface area contributed by atoms with Crippen LogP contribution in [0.15, 0.2) is 30.6 Å². The highest BCUT2D eigenvalue weighted by molar-refractivity contribution is 5.88. The van der Waals surface area contributed by atoms with Crippen LogP contribution in [0.3, 0.4) is 0 Å². The molecule has 0 spiro atoms. The SMILES string of the molecule is CNC1CCCN(c2nc(-c3ccc(OC)cc3)c3ncn(C4CCCCO4)c3n2)C1. The summed E-state index contributed by atoms with van der Waals surface area (Å²) in [4.78, 5) is 17.0. The van der Waals surface area contributed by atoms with Gasteiger partial charge in [-0.2, -0.15) is 4.98 Å². The maximum absolute atomic E-state index is 6.05. The number of rotatable bonds is 5. The van der Waals surface area contributed by atoms with Gasteiger partial charge in [-0.05, 0) is 63.4 Å². The van der Waals surface area contributed by atoms with E-state index in [-0.39, 0.29) is 6.23 Å². The van der Waals surface area contributed by atoms with E-state index in [0.717, 1.165) is 79.5 Å². The predicted molar refractivity (Wildman–Crippen MR) is 120 cm³/mol. The van der Waals surface area contributed by atoms with E-state index < -0.39 is 0 Å². The molecule has 0 aliphatic carbocycles. The van der Waals surface area contributed by atoms with Crippen molar-refractivity contribution >= 4 is 17.1 Å². The van der Waals surface area contributed by atoms with Gasteiger partial charge in [0.2, 0.25) is 5.95 Å². The summed E-state index contributed by atoms with van der Waals surface area (Å²) in [6.07, 6.45) is 7.39. The van der Waals surface area contributed by atoms with Crippen LogP contribution < -0.4 is 15.0 Å². The Labute approximate surface area is 182 Å². The zero-order chi connectivity index (χ0) is 21.2. The minimum absolute atomic E-state index is 0.0170. The van der Waals surface area contributed by atoms with Crippen LogP contribution in [-0.4, -0.2) is 59.4 Å². The summed E-state index contributed by atoms with van der Waals surface area (Å²) in [6.45, 7) is 2.64. The molecule has 31 heavy (non-hydrogen) atoms. The Hall–Kier alpha value is -2.71. The number of benzene rings is 1. The average Bonchev–Trinajstić information content (AvgIpc) is 3.28. The summed E-state index contributed by atoms with van der Waals surface area (Å²) in [5.41, 5.74) is 3.51. The third-order valence-corrected chi connectivity index (χ3v) is 6.35. The summed E-state index contributed by atoms with van der Waals surface area (Å²) in [5, 5.41) is 3.41. The molecule has 2 fully saturated rings. The van der Waals surface area contributed by atoms with Gasteiger partial charge in [0.05, 0.1) is 13.4 Å². The molecule has 8 nitrogen and oxygen atoms in total. The van der Waals surface area contributed by atoms with Crippen molar-refractivity contribution in [3.05, 3.63) is 30.6 Å². The Balaban J connectivity index is 1.62. The molecule has 5 rings (SSSR count). The Bertz CT molecular complexity index is 1030. The van der Waals surface area contributed by atoms with E-state index in [0.29, 0.717) is 6.04 Å². The van der Waals surface area contributed by atoms with Crippen LogP contribution in [0.4, 0.5) is 5.95 Å². The Morgan fingerprint density at radius 3 is 2.71 bits per heavy atom. The Kier molecular flexibility index (Phi) is 5.74. The monoisotopic (exact) mass is 422 g/mol. The number of likely N-dealkylation sites (N-methyl/N-ethyl adjacent to an activating group) is 1. The first kappa shape index (κ1) is 20.2. The lowest BCUT2D eigenvalue weighted by molar-refractivity contribution is -0.0298. The van der Waals surface area contributed by atoms with E-state index in [9.17, 15) is 0 Å². The maximum atomic E-state index is 6.05. The van der Waals surface area contributed by atoms with Crippen molar-refractivity contribution in [2.75, 3.05) is 38.8 Å². The van der Waals surface area contributed by atoms with Gasteiger partial charge in [0, 0.05) is 31.3 Å². The fourth-order valence-corrected chi connectivity index (χ4v) is 4.54. The summed E-state index contributed by atoms with van der Waals surface area (Å²) in [6, 6.07) is 8.44. The van der Waals surface area contributed by atoms with Crippen molar-refractivity contribution in [2.45, 2.75) is 44.4 Å². The number of nitrogens with one attached hydrogen (secondary N) is 1. The first-order chi connectivity index (χ1) is 15.3. The van der Waals surface area contributed by atoms with Crippen molar-refractivity contribution in [1.29, 1.82) is 0 Å². The largest absolute Gasteiger partial charge is 0.497 e. The predicted octanol–water partition coefficient (Wildman–Crippen LogP) is 3.39. The van der Waals surface area contributed by atoms with Crippen LogP contribution >= 0.6 is 0 Å².